The molecule has 2 aliphatic heterocycles. The fourth-order valence-corrected chi connectivity index (χ4v) is 4.44. The molecule has 0 atom stereocenters. The first-order valence-corrected chi connectivity index (χ1v) is 12.2. The highest BCUT2D eigenvalue weighted by atomic mass is 17.1. The molecule has 0 saturated heterocycles. The number of nitrogens with zero attached hydrogens (tertiary/aromatic N) is 5. The summed E-state index contributed by atoms with van der Waals surface area (Å²) in [6.07, 6.45) is 0. The van der Waals surface area contributed by atoms with Crippen molar-refractivity contribution in [1.29, 1.82) is 0 Å². The average Bonchev–Trinajstić information content (AvgIpc) is 3.28. The molecule has 0 spiro atoms. The van der Waals surface area contributed by atoms with Gasteiger partial charge in [0.1, 0.15) is 12.3 Å². The lowest BCUT2D eigenvalue weighted by atomic mass is 9.96. The van der Waals surface area contributed by atoms with Crippen LogP contribution in [0.2, 0.25) is 0 Å². The van der Waals surface area contributed by atoms with Gasteiger partial charge in [0.2, 0.25) is 0 Å². The van der Waals surface area contributed by atoms with Crippen LogP contribution < -0.4 is 14.8 Å². The van der Waals surface area contributed by atoms with Gasteiger partial charge in [0.05, 0.1) is 28.2 Å². The highest BCUT2D eigenvalue weighted by Crippen LogP contribution is 2.34. The number of carbonyl (C=O) groups excluding carboxylic acids is 2. The minimum absolute atomic E-state index is 0.0233. The standard InChI is InChI=1S/C29H25N5O6/c1-17-24-26(31-34(27(24)35)22-11-7-18(8-12-22)16-40-39)33(23-6-4-5-19(15-23)29(37)38)28(36)25(17)30-20-9-13-21(14-10-20)32(2)3/h4-15,39H,16H2,1-3H3,(H,37,38). The molecule has 2 aliphatic rings. The lowest BCUT2D eigenvalue weighted by Gasteiger charge is -2.28. The Morgan fingerprint density at radius 1 is 0.975 bits per heavy atom. The fourth-order valence-electron chi connectivity index (χ4n) is 4.44. The summed E-state index contributed by atoms with van der Waals surface area (Å²) in [6.45, 7) is 1.62. The van der Waals surface area contributed by atoms with Gasteiger partial charge in [-0.05, 0) is 72.7 Å². The summed E-state index contributed by atoms with van der Waals surface area (Å²) >= 11 is 0. The molecule has 3 aromatic rings. The van der Waals surface area contributed by atoms with E-state index in [4.69, 9.17) is 5.26 Å². The molecule has 0 bridgehead atoms. The molecule has 0 aromatic heterocycles. The van der Waals surface area contributed by atoms with Crippen molar-refractivity contribution in [3.63, 3.8) is 0 Å². The van der Waals surface area contributed by atoms with Crippen molar-refractivity contribution in [1.82, 2.24) is 0 Å². The van der Waals surface area contributed by atoms with Crippen molar-refractivity contribution in [2.75, 3.05) is 28.9 Å². The molecular formula is C29H25N5O6. The summed E-state index contributed by atoms with van der Waals surface area (Å²) in [5.74, 6) is -2.11. The molecule has 0 fully saturated rings. The van der Waals surface area contributed by atoms with E-state index in [2.05, 4.69) is 15.0 Å². The zero-order chi connectivity index (χ0) is 28.6. The average molecular weight is 540 g/mol. The first kappa shape index (κ1) is 26.5. The number of hydrogen-bond donors (Lipinski definition) is 2. The molecule has 0 saturated carbocycles. The molecule has 11 nitrogen and oxygen atoms in total. The van der Waals surface area contributed by atoms with Gasteiger partial charge in [-0.3, -0.25) is 19.7 Å². The van der Waals surface area contributed by atoms with E-state index in [9.17, 15) is 19.5 Å². The monoisotopic (exact) mass is 539 g/mol. The third kappa shape index (κ3) is 4.75. The number of rotatable bonds is 7. The van der Waals surface area contributed by atoms with Crippen LogP contribution in [0.5, 0.6) is 0 Å². The van der Waals surface area contributed by atoms with Gasteiger partial charge in [-0.2, -0.15) is 5.01 Å². The third-order valence-electron chi connectivity index (χ3n) is 6.54. The van der Waals surface area contributed by atoms with Crippen LogP contribution in [0.15, 0.2) is 94.0 Å². The second-order valence-corrected chi connectivity index (χ2v) is 9.35. The van der Waals surface area contributed by atoms with Crippen LogP contribution in [0.3, 0.4) is 0 Å². The van der Waals surface area contributed by atoms with Gasteiger partial charge in [0.15, 0.2) is 5.84 Å². The van der Waals surface area contributed by atoms with Crippen LogP contribution in [0.4, 0.5) is 22.7 Å². The summed E-state index contributed by atoms with van der Waals surface area (Å²) in [5, 5.41) is 23.9. The zero-order valence-corrected chi connectivity index (χ0v) is 21.9. The molecule has 3 aromatic carbocycles. The van der Waals surface area contributed by atoms with Gasteiger partial charge in [-0.1, -0.05) is 18.2 Å². The maximum absolute atomic E-state index is 14.0. The molecule has 2 amide bonds. The van der Waals surface area contributed by atoms with Gasteiger partial charge < -0.3 is 10.0 Å². The van der Waals surface area contributed by atoms with E-state index in [0.29, 0.717) is 22.5 Å². The van der Waals surface area contributed by atoms with Gasteiger partial charge in [-0.15, -0.1) is 5.10 Å². The number of anilines is 3. The summed E-state index contributed by atoms with van der Waals surface area (Å²) < 4.78 is 0. The van der Waals surface area contributed by atoms with E-state index in [0.717, 1.165) is 5.69 Å². The van der Waals surface area contributed by atoms with Crippen molar-refractivity contribution >= 4 is 52.1 Å². The Labute approximate surface area is 229 Å². The van der Waals surface area contributed by atoms with Crippen LogP contribution in [-0.2, 0) is 21.1 Å². The molecular weight excluding hydrogens is 514 g/mol. The molecule has 0 unspecified atom stereocenters. The number of aromatic carboxylic acids is 1. The van der Waals surface area contributed by atoms with Gasteiger partial charge in [0.25, 0.3) is 11.8 Å². The maximum atomic E-state index is 14.0. The minimum atomic E-state index is -1.16. The van der Waals surface area contributed by atoms with Crippen LogP contribution in [0, 0.1) is 0 Å². The Morgan fingerprint density at radius 2 is 1.68 bits per heavy atom. The lowest BCUT2D eigenvalue weighted by Crippen LogP contribution is -2.47. The van der Waals surface area contributed by atoms with Crippen LogP contribution >= 0.6 is 0 Å². The number of carboxylic acids is 1. The van der Waals surface area contributed by atoms with Crippen LogP contribution in [-0.4, -0.2) is 53.8 Å². The van der Waals surface area contributed by atoms with Crippen molar-refractivity contribution in [3.05, 3.63) is 95.1 Å². The van der Waals surface area contributed by atoms with Crippen LogP contribution in [0.1, 0.15) is 22.8 Å². The Bertz CT molecular complexity index is 1610. The SMILES string of the molecule is CC1=C2C(=O)N(c3ccc(COO)cc3)N=C2N(c2cccc(C(=O)O)c2)C(=O)C1=Nc1ccc(N(C)C)cc1. The van der Waals surface area contributed by atoms with Crippen molar-refractivity contribution in [2.45, 2.75) is 13.5 Å². The smallest absolute Gasteiger partial charge is 0.335 e. The molecule has 0 aliphatic carbocycles. The summed E-state index contributed by atoms with van der Waals surface area (Å²) in [7, 11) is 3.82. The number of hydrogen-bond acceptors (Lipinski definition) is 8. The number of aliphatic imine (C=N–C) groups is 1. The van der Waals surface area contributed by atoms with Gasteiger partial charge in [0, 0.05) is 19.8 Å². The fraction of sp³-hybridized carbons (Fsp3) is 0.138. The molecule has 202 valence electrons. The number of carboxylic acid groups (broad SMARTS) is 1. The number of carbonyl (C=O) groups is 3. The van der Waals surface area contributed by atoms with E-state index < -0.39 is 17.8 Å². The van der Waals surface area contributed by atoms with E-state index in [1.54, 1.807) is 49.4 Å². The third-order valence-corrected chi connectivity index (χ3v) is 6.54. The predicted molar refractivity (Wildman–Crippen MR) is 150 cm³/mol. The maximum Gasteiger partial charge on any atom is 0.335 e. The first-order chi connectivity index (χ1) is 19.2. The van der Waals surface area contributed by atoms with Gasteiger partial charge >= 0.3 is 5.97 Å². The molecule has 2 heterocycles. The Morgan fingerprint density at radius 3 is 2.30 bits per heavy atom. The van der Waals surface area contributed by atoms with Gasteiger partial charge in [-0.25, -0.2) is 14.7 Å². The second-order valence-electron chi connectivity index (χ2n) is 9.35. The first-order valence-electron chi connectivity index (χ1n) is 12.2. The quantitative estimate of drug-likeness (QED) is 0.339. The molecule has 40 heavy (non-hydrogen) atoms. The topological polar surface area (TPSA) is 135 Å². The Balaban J connectivity index is 1.65. The number of fused-ring (bicyclic) bond motifs is 1. The number of amidine groups is 1. The largest absolute Gasteiger partial charge is 0.478 e. The molecule has 0 radical (unpaired) electrons. The highest BCUT2D eigenvalue weighted by molar-refractivity contribution is 6.61. The summed E-state index contributed by atoms with van der Waals surface area (Å²) in [5.41, 5.74) is 3.34. The Kier molecular flexibility index (Phi) is 6.99. The van der Waals surface area contributed by atoms with Crippen molar-refractivity contribution < 1.29 is 29.6 Å². The summed E-state index contributed by atoms with van der Waals surface area (Å²) in [6, 6.07) is 19.8. The molecule has 2 N–H and O–H groups in total. The van der Waals surface area contributed by atoms with Crippen molar-refractivity contribution in [2.24, 2.45) is 10.1 Å². The van der Waals surface area contributed by atoms with E-state index in [-0.39, 0.29) is 35.0 Å². The normalized spacial score (nSPS) is 16.0. The highest BCUT2D eigenvalue weighted by Gasteiger charge is 2.45. The van der Waals surface area contributed by atoms with E-state index in [1.165, 1.54) is 28.1 Å². The minimum Gasteiger partial charge on any atom is -0.478 e. The zero-order valence-electron chi connectivity index (χ0n) is 21.9. The lowest BCUT2D eigenvalue weighted by molar-refractivity contribution is -0.253. The van der Waals surface area contributed by atoms with E-state index >= 15 is 0 Å². The van der Waals surface area contributed by atoms with Crippen LogP contribution in [0.25, 0.3) is 0 Å². The predicted octanol–water partition coefficient (Wildman–Crippen LogP) is 4.24. The second kappa shape index (κ2) is 10.6. The number of benzene rings is 3. The molecule has 11 heteroatoms. The molecule has 5 rings (SSSR count). The number of hydrazone groups is 1. The number of amides is 2. The summed E-state index contributed by atoms with van der Waals surface area (Å²) in [4.78, 5) is 51.3. The Hall–Kier alpha value is -5.13. The van der Waals surface area contributed by atoms with Crippen molar-refractivity contribution in [3.8, 4) is 0 Å². The van der Waals surface area contributed by atoms with E-state index in [1.807, 2.05) is 31.1 Å².